The molecule has 4 rings (SSSR count). The maximum atomic E-state index is 2.32. The lowest BCUT2D eigenvalue weighted by molar-refractivity contribution is 0.957. The first-order valence-electron chi connectivity index (χ1n) is 8.66. The summed E-state index contributed by atoms with van der Waals surface area (Å²) >= 11 is 0. The van der Waals surface area contributed by atoms with Crippen molar-refractivity contribution >= 4 is 6.08 Å². The van der Waals surface area contributed by atoms with Gasteiger partial charge in [0.25, 0.3) is 0 Å². The summed E-state index contributed by atoms with van der Waals surface area (Å²) in [7, 11) is 0. The van der Waals surface area contributed by atoms with Crippen molar-refractivity contribution in [2.45, 2.75) is 26.7 Å². The maximum absolute atomic E-state index is 2.32. The van der Waals surface area contributed by atoms with Crippen molar-refractivity contribution in [3.63, 3.8) is 0 Å². The lowest BCUT2D eigenvalue weighted by Gasteiger charge is -2.12. The molecule has 0 spiro atoms. The first-order chi connectivity index (χ1) is 11.7. The van der Waals surface area contributed by atoms with Crippen molar-refractivity contribution in [2.24, 2.45) is 0 Å². The number of aryl methyl sites for hydroxylation is 1. The molecule has 0 nitrogen and oxygen atoms in total. The number of allylic oxidation sites excluding steroid dienone is 1. The topological polar surface area (TPSA) is 0 Å². The van der Waals surface area contributed by atoms with E-state index in [1.165, 1.54) is 44.5 Å². The Morgan fingerprint density at radius 2 is 1.58 bits per heavy atom. The van der Waals surface area contributed by atoms with Gasteiger partial charge in [0, 0.05) is 5.92 Å². The van der Waals surface area contributed by atoms with Crippen LogP contribution < -0.4 is 0 Å². The van der Waals surface area contributed by atoms with Crippen LogP contribution in [0.2, 0.25) is 0 Å². The molecule has 0 heteroatoms. The maximum Gasteiger partial charge on any atom is 0.00735 e. The molecule has 0 bridgehead atoms. The number of rotatable bonds is 2. The van der Waals surface area contributed by atoms with Crippen LogP contribution in [0.5, 0.6) is 0 Å². The number of hydrogen-bond acceptors (Lipinski definition) is 0. The van der Waals surface area contributed by atoms with E-state index in [0.29, 0.717) is 5.92 Å². The van der Waals surface area contributed by atoms with Gasteiger partial charge < -0.3 is 0 Å². The third-order valence-corrected chi connectivity index (χ3v) is 5.20. The van der Waals surface area contributed by atoms with Crippen molar-refractivity contribution < 1.29 is 0 Å². The predicted octanol–water partition coefficient (Wildman–Crippen LogP) is 6.83. The fraction of sp³-hybridized carbons (Fsp3) is 0.167. The smallest absolute Gasteiger partial charge is 0.00735 e. The molecule has 0 heterocycles. The van der Waals surface area contributed by atoms with E-state index in [4.69, 9.17) is 0 Å². The molecule has 1 aliphatic carbocycles. The summed E-state index contributed by atoms with van der Waals surface area (Å²) in [5.74, 6) is 0.469. The summed E-state index contributed by atoms with van der Waals surface area (Å²) < 4.78 is 0. The number of benzene rings is 3. The Balaban J connectivity index is 1.97. The molecule has 0 saturated heterocycles. The Hall–Kier alpha value is -2.60. The molecule has 24 heavy (non-hydrogen) atoms. The Morgan fingerprint density at radius 3 is 2.42 bits per heavy atom. The molecule has 3 aromatic rings. The fourth-order valence-electron chi connectivity index (χ4n) is 3.91. The summed E-state index contributed by atoms with van der Waals surface area (Å²) in [6.45, 7) is 6.56. The van der Waals surface area contributed by atoms with Gasteiger partial charge in [0.05, 0.1) is 0 Å². The van der Waals surface area contributed by atoms with Crippen LogP contribution in [0.4, 0.5) is 0 Å². The van der Waals surface area contributed by atoms with Crippen LogP contribution in [-0.2, 0) is 0 Å². The molecule has 118 valence electrons. The molecular weight excluding hydrogens is 288 g/mol. The lowest BCUT2D eigenvalue weighted by Crippen LogP contribution is -1.90. The molecule has 3 aromatic carbocycles. The third kappa shape index (κ3) is 2.22. The Bertz CT molecular complexity index is 944. The van der Waals surface area contributed by atoms with Crippen LogP contribution in [0.3, 0.4) is 0 Å². The quantitative estimate of drug-likeness (QED) is 0.487. The minimum Gasteiger partial charge on any atom is -0.0871 e. The Kier molecular flexibility index (Phi) is 3.61. The minimum absolute atomic E-state index is 0.469. The van der Waals surface area contributed by atoms with E-state index in [0.717, 1.165) is 0 Å². The van der Waals surface area contributed by atoms with Crippen molar-refractivity contribution in [3.8, 4) is 22.3 Å². The average molecular weight is 310 g/mol. The van der Waals surface area contributed by atoms with Gasteiger partial charge in [0.2, 0.25) is 0 Å². The zero-order valence-corrected chi connectivity index (χ0v) is 14.5. The second kappa shape index (κ2) is 5.79. The van der Waals surface area contributed by atoms with Gasteiger partial charge in [-0.15, -0.1) is 0 Å². The Labute approximate surface area is 144 Å². The molecule has 1 aliphatic rings. The molecule has 0 radical (unpaired) electrons. The monoisotopic (exact) mass is 310 g/mol. The van der Waals surface area contributed by atoms with E-state index in [-0.39, 0.29) is 0 Å². The van der Waals surface area contributed by atoms with Gasteiger partial charge in [-0.3, -0.25) is 0 Å². The summed E-state index contributed by atoms with van der Waals surface area (Å²) in [6, 6.07) is 22.4. The van der Waals surface area contributed by atoms with Gasteiger partial charge in [-0.1, -0.05) is 73.7 Å². The van der Waals surface area contributed by atoms with Gasteiger partial charge in [-0.2, -0.15) is 0 Å². The standard InChI is InChI=1S/C24H22/c1-4-8-18-15-19(14-13-16(18)2)22-12-7-11-21-17(3)20-9-5-6-10-23(20)24(21)22/h4-15,17H,1-3H3/b8-4-. The molecule has 0 N–H and O–H groups in total. The van der Waals surface area contributed by atoms with Crippen molar-refractivity contribution in [3.05, 3.63) is 89.0 Å². The van der Waals surface area contributed by atoms with E-state index in [1.54, 1.807) is 0 Å². The molecule has 1 atom stereocenters. The van der Waals surface area contributed by atoms with Crippen molar-refractivity contribution in [1.82, 2.24) is 0 Å². The summed E-state index contributed by atoms with van der Waals surface area (Å²) in [6.07, 6.45) is 4.30. The van der Waals surface area contributed by atoms with Gasteiger partial charge in [0.15, 0.2) is 0 Å². The summed E-state index contributed by atoms with van der Waals surface area (Å²) in [5, 5.41) is 0. The summed E-state index contributed by atoms with van der Waals surface area (Å²) in [5.41, 5.74) is 11.0. The first-order valence-corrected chi connectivity index (χ1v) is 8.66. The number of hydrogen-bond donors (Lipinski definition) is 0. The highest BCUT2D eigenvalue weighted by molar-refractivity contribution is 5.91. The first kappa shape index (κ1) is 15.0. The molecular formula is C24H22. The normalized spacial score (nSPS) is 15.5. The predicted molar refractivity (Wildman–Crippen MR) is 104 cm³/mol. The second-order valence-electron chi connectivity index (χ2n) is 6.65. The van der Waals surface area contributed by atoms with E-state index in [9.17, 15) is 0 Å². The van der Waals surface area contributed by atoms with Crippen LogP contribution in [0.15, 0.2) is 66.7 Å². The molecule has 0 amide bonds. The van der Waals surface area contributed by atoms with Gasteiger partial charge in [-0.25, -0.2) is 0 Å². The van der Waals surface area contributed by atoms with Crippen LogP contribution >= 0.6 is 0 Å². The van der Waals surface area contributed by atoms with Crippen LogP contribution in [0, 0.1) is 6.92 Å². The average Bonchev–Trinajstić information content (AvgIpc) is 2.91. The molecule has 0 aliphatic heterocycles. The molecule has 0 fully saturated rings. The SMILES string of the molecule is C/C=C\c1cc(-c2cccc3c2-c2ccccc2C3C)ccc1C. The minimum atomic E-state index is 0.469. The fourth-order valence-corrected chi connectivity index (χ4v) is 3.91. The van der Waals surface area contributed by atoms with Crippen molar-refractivity contribution in [1.29, 1.82) is 0 Å². The lowest BCUT2D eigenvalue weighted by atomic mass is 9.91. The summed E-state index contributed by atoms with van der Waals surface area (Å²) in [4.78, 5) is 0. The zero-order valence-electron chi connectivity index (χ0n) is 14.5. The van der Waals surface area contributed by atoms with E-state index in [2.05, 4.69) is 93.6 Å². The van der Waals surface area contributed by atoms with E-state index < -0.39 is 0 Å². The number of fused-ring (bicyclic) bond motifs is 3. The van der Waals surface area contributed by atoms with Crippen LogP contribution in [0.1, 0.15) is 42.0 Å². The van der Waals surface area contributed by atoms with E-state index >= 15 is 0 Å². The Morgan fingerprint density at radius 1 is 0.833 bits per heavy atom. The largest absolute Gasteiger partial charge is 0.0871 e. The van der Waals surface area contributed by atoms with Gasteiger partial charge in [-0.05, 0) is 64.4 Å². The van der Waals surface area contributed by atoms with Gasteiger partial charge in [0.1, 0.15) is 0 Å². The highest BCUT2D eigenvalue weighted by Crippen LogP contribution is 2.48. The highest BCUT2D eigenvalue weighted by atomic mass is 14.3. The third-order valence-electron chi connectivity index (χ3n) is 5.20. The highest BCUT2D eigenvalue weighted by Gasteiger charge is 2.27. The van der Waals surface area contributed by atoms with Crippen molar-refractivity contribution in [2.75, 3.05) is 0 Å². The second-order valence-corrected chi connectivity index (χ2v) is 6.65. The molecule has 1 unspecified atom stereocenters. The van der Waals surface area contributed by atoms with Crippen LogP contribution in [0.25, 0.3) is 28.3 Å². The van der Waals surface area contributed by atoms with E-state index in [1.807, 2.05) is 0 Å². The molecule has 0 aromatic heterocycles. The zero-order chi connectivity index (χ0) is 16.7. The molecule has 0 saturated carbocycles. The van der Waals surface area contributed by atoms with Gasteiger partial charge >= 0.3 is 0 Å². The van der Waals surface area contributed by atoms with Crippen LogP contribution in [-0.4, -0.2) is 0 Å².